The van der Waals surface area contributed by atoms with Gasteiger partial charge in [-0.1, -0.05) is 61.2 Å². The lowest BCUT2D eigenvalue weighted by Gasteiger charge is -2.11. The van der Waals surface area contributed by atoms with Gasteiger partial charge in [0, 0.05) is 22.0 Å². The fourth-order valence-electron chi connectivity index (χ4n) is 3.27. The van der Waals surface area contributed by atoms with Crippen LogP contribution in [-0.2, 0) is 11.2 Å². The number of carboxylic acids is 1. The van der Waals surface area contributed by atoms with Crippen LogP contribution in [0.15, 0.2) is 88.7 Å². The summed E-state index contributed by atoms with van der Waals surface area (Å²) in [5.41, 5.74) is 3.37. The molecular weight excluding hydrogens is 378 g/mol. The van der Waals surface area contributed by atoms with E-state index in [-0.39, 0.29) is 0 Å². The zero-order valence-corrected chi connectivity index (χ0v) is 17.5. The predicted octanol–water partition coefficient (Wildman–Crippen LogP) is 6.46. The highest BCUT2D eigenvalue weighted by atomic mass is 32.2. The summed E-state index contributed by atoms with van der Waals surface area (Å²) in [5.74, 6) is -1.19. The lowest BCUT2D eigenvalue weighted by atomic mass is 9.97. The van der Waals surface area contributed by atoms with Crippen LogP contribution in [-0.4, -0.2) is 17.6 Å². The van der Waals surface area contributed by atoms with Crippen LogP contribution in [0.4, 0.5) is 5.69 Å². The first-order chi connectivity index (χ1) is 14.2. The van der Waals surface area contributed by atoms with E-state index in [9.17, 15) is 9.90 Å². The van der Waals surface area contributed by atoms with Crippen LogP contribution in [0.2, 0.25) is 0 Å². The molecule has 0 bridgehead atoms. The van der Waals surface area contributed by atoms with Crippen molar-refractivity contribution in [2.45, 2.75) is 41.9 Å². The Morgan fingerprint density at radius 1 is 0.931 bits per heavy atom. The minimum Gasteiger partial charge on any atom is -0.481 e. The largest absolute Gasteiger partial charge is 0.481 e. The topological polar surface area (TPSA) is 49.3 Å². The van der Waals surface area contributed by atoms with Crippen LogP contribution in [0, 0.1) is 0 Å². The van der Waals surface area contributed by atoms with Crippen LogP contribution >= 0.6 is 11.8 Å². The molecule has 0 heterocycles. The van der Waals surface area contributed by atoms with E-state index in [2.05, 4.69) is 53.8 Å². The van der Waals surface area contributed by atoms with E-state index in [4.69, 9.17) is 0 Å². The molecule has 3 aromatic rings. The molecule has 3 rings (SSSR count). The second-order valence-corrected chi connectivity index (χ2v) is 8.16. The molecule has 0 radical (unpaired) electrons. The molecule has 1 atom stereocenters. The normalized spacial score (nSPS) is 11.8. The third-order valence-electron chi connectivity index (χ3n) is 4.89. The molecule has 0 saturated heterocycles. The molecule has 150 valence electrons. The second kappa shape index (κ2) is 10.7. The lowest BCUT2D eigenvalue weighted by Crippen LogP contribution is -2.10. The third kappa shape index (κ3) is 6.40. The predicted molar refractivity (Wildman–Crippen MR) is 121 cm³/mol. The zero-order valence-electron chi connectivity index (χ0n) is 16.7. The zero-order chi connectivity index (χ0) is 20.5. The molecule has 0 amide bonds. The molecular formula is C25H27NO2S. The maximum absolute atomic E-state index is 11.3. The fraction of sp³-hybridized carbons (Fsp3) is 0.240. The Balaban J connectivity index is 1.48. The lowest BCUT2D eigenvalue weighted by molar-refractivity contribution is -0.138. The van der Waals surface area contributed by atoms with E-state index in [0.29, 0.717) is 6.42 Å². The van der Waals surface area contributed by atoms with Crippen molar-refractivity contribution in [1.29, 1.82) is 0 Å². The van der Waals surface area contributed by atoms with Crippen molar-refractivity contribution >= 4 is 23.4 Å². The number of benzene rings is 3. The summed E-state index contributed by atoms with van der Waals surface area (Å²) in [6.07, 6.45) is 2.78. The van der Waals surface area contributed by atoms with Gasteiger partial charge in [-0.3, -0.25) is 4.79 Å². The Morgan fingerprint density at radius 3 is 2.14 bits per heavy atom. The average Bonchev–Trinajstić information content (AvgIpc) is 2.75. The van der Waals surface area contributed by atoms with Crippen molar-refractivity contribution < 1.29 is 9.90 Å². The molecule has 0 spiro atoms. The van der Waals surface area contributed by atoms with E-state index >= 15 is 0 Å². The van der Waals surface area contributed by atoms with E-state index < -0.39 is 11.9 Å². The molecule has 0 aliphatic carbocycles. The molecule has 0 aliphatic heterocycles. The van der Waals surface area contributed by atoms with Gasteiger partial charge in [0.15, 0.2) is 0 Å². The summed E-state index contributed by atoms with van der Waals surface area (Å²) in [7, 11) is 0. The summed E-state index contributed by atoms with van der Waals surface area (Å²) in [4.78, 5) is 13.6. The highest BCUT2D eigenvalue weighted by molar-refractivity contribution is 7.99. The molecule has 3 aromatic carbocycles. The molecule has 4 heteroatoms. The Bertz CT molecular complexity index is 892. The van der Waals surface area contributed by atoms with Crippen LogP contribution in [0.1, 0.15) is 36.8 Å². The number of aryl methyl sites for hydroxylation is 1. The Hall–Kier alpha value is -2.72. The van der Waals surface area contributed by atoms with Crippen LogP contribution in [0.3, 0.4) is 0 Å². The first kappa shape index (κ1) is 21.0. The van der Waals surface area contributed by atoms with Crippen LogP contribution < -0.4 is 5.32 Å². The second-order valence-electron chi connectivity index (χ2n) is 7.01. The maximum Gasteiger partial charge on any atom is 0.310 e. The van der Waals surface area contributed by atoms with E-state index in [1.807, 2.05) is 37.3 Å². The molecule has 29 heavy (non-hydrogen) atoms. The van der Waals surface area contributed by atoms with Crippen molar-refractivity contribution in [2.75, 3.05) is 11.9 Å². The first-order valence-electron chi connectivity index (χ1n) is 10.0. The van der Waals surface area contributed by atoms with E-state index in [1.54, 1.807) is 11.8 Å². The molecule has 0 saturated carbocycles. The summed E-state index contributed by atoms with van der Waals surface area (Å²) < 4.78 is 0. The number of hydrogen-bond donors (Lipinski definition) is 2. The highest BCUT2D eigenvalue weighted by Gasteiger charge is 2.17. The molecule has 0 aromatic heterocycles. The van der Waals surface area contributed by atoms with E-state index in [1.165, 1.54) is 5.56 Å². The van der Waals surface area contributed by atoms with E-state index in [0.717, 1.165) is 40.4 Å². The number of carbonyl (C=O) groups is 1. The monoisotopic (exact) mass is 405 g/mol. The minimum atomic E-state index is -0.764. The standard InChI is InChI=1S/C25H27NO2S/c1-2-24(25(27)28)20-10-14-22(15-11-20)29-23-16-12-21(13-17-23)26-18-6-9-19-7-4-3-5-8-19/h3-5,7-8,10-17,24,26H,2,6,9,18H2,1H3,(H,27,28). The quantitative estimate of drug-likeness (QED) is 0.380. The van der Waals surface area contributed by atoms with Gasteiger partial charge in [-0.25, -0.2) is 0 Å². The SMILES string of the molecule is CCC(C(=O)O)c1ccc(Sc2ccc(NCCCc3ccccc3)cc2)cc1. The third-order valence-corrected chi connectivity index (χ3v) is 5.91. The fourth-order valence-corrected chi connectivity index (χ4v) is 4.08. The Morgan fingerprint density at radius 2 is 1.55 bits per heavy atom. The van der Waals surface area contributed by atoms with Gasteiger partial charge >= 0.3 is 5.97 Å². The van der Waals surface area contributed by atoms with Crippen molar-refractivity contribution in [3.63, 3.8) is 0 Å². The number of rotatable bonds is 10. The number of nitrogens with one attached hydrogen (secondary N) is 1. The molecule has 1 unspecified atom stereocenters. The highest BCUT2D eigenvalue weighted by Crippen LogP contribution is 2.30. The smallest absolute Gasteiger partial charge is 0.310 e. The van der Waals surface area contributed by atoms with Gasteiger partial charge in [-0.05, 0) is 66.8 Å². The summed E-state index contributed by atoms with van der Waals surface area (Å²) in [6.45, 7) is 2.85. The van der Waals surface area contributed by atoms with Gasteiger partial charge < -0.3 is 10.4 Å². The van der Waals surface area contributed by atoms with Gasteiger partial charge in [0.25, 0.3) is 0 Å². The van der Waals surface area contributed by atoms with Gasteiger partial charge in [-0.2, -0.15) is 0 Å². The first-order valence-corrected chi connectivity index (χ1v) is 10.9. The molecule has 0 fully saturated rings. The van der Waals surface area contributed by atoms with Gasteiger partial charge in [0.1, 0.15) is 0 Å². The van der Waals surface area contributed by atoms with Crippen molar-refractivity contribution in [1.82, 2.24) is 0 Å². The molecule has 2 N–H and O–H groups in total. The van der Waals surface area contributed by atoms with Gasteiger partial charge in [0.2, 0.25) is 0 Å². The Labute approximate surface area is 177 Å². The van der Waals surface area contributed by atoms with Crippen LogP contribution in [0.5, 0.6) is 0 Å². The number of carboxylic acid groups (broad SMARTS) is 1. The van der Waals surface area contributed by atoms with Gasteiger partial charge in [-0.15, -0.1) is 0 Å². The van der Waals surface area contributed by atoms with Gasteiger partial charge in [0.05, 0.1) is 5.92 Å². The minimum absolute atomic E-state index is 0.429. The number of hydrogen-bond acceptors (Lipinski definition) is 3. The number of anilines is 1. The maximum atomic E-state index is 11.3. The summed E-state index contributed by atoms with van der Waals surface area (Å²) in [5, 5.41) is 12.8. The average molecular weight is 406 g/mol. The summed E-state index contributed by atoms with van der Waals surface area (Å²) >= 11 is 1.68. The summed E-state index contributed by atoms with van der Waals surface area (Å²) in [6, 6.07) is 26.9. The van der Waals surface area contributed by atoms with Crippen molar-refractivity contribution in [2.24, 2.45) is 0 Å². The molecule has 0 aliphatic rings. The van der Waals surface area contributed by atoms with Crippen molar-refractivity contribution in [3.8, 4) is 0 Å². The van der Waals surface area contributed by atoms with Crippen molar-refractivity contribution in [3.05, 3.63) is 90.0 Å². The number of aliphatic carboxylic acids is 1. The molecule has 3 nitrogen and oxygen atoms in total. The van der Waals surface area contributed by atoms with Crippen LogP contribution in [0.25, 0.3) is 0 Å². The Kier molecular flexibility index (Phi) is 7.77.